The van der Waals surface area contributed by atoms with Gasteiger partial charge in [-0.3, -0.25) is 9.69 Å². The lowest BCUT2D eigenvalue weighted by atomic mass is 9.87. The number of alkyl halides is 3. The Hall–Kier alpha value is -3.13. The third kappa shape index (κ3) is 6.35. The molecule has 0 saturated carbocycles. The first-order chi connectivity index (χ1) is 17.1. The number of H-pyrrole nitrogens is 1. The summed E-state index contributed by atoms with van der Waals surface area (Å²) < 4.78 is 53.8. The minimum atomic E-state index is -4.42. The van der Waals surface area contributed by atoms with E-state index < -0.39 is 17.6 Å². The predicted molar refractivity (Wildman–Crippen MR) is 131 cm³/mol. The molecular weight excluding hydrogens is 470 g/mol. The van der Waals surface area contributed by atoms with E-state index in [1.54, 1.807) is 11.0 Å². The number of halogens is 4. The highest BCUT2D eigenvalue weighted by Gasteiger charge is 2.38. The monoisotopic (exact) mass is 501 g/mol. The molecule has 4 rings (SSSR count). The van der Waals surface area contributed by atoms with Crippen LogP contribution < -0.4 is 0 Å². The molecule has 1 saturated heterocycles. The van der Waals surface area contributed by atoms with Crippen molar-refractivity contribution in [3.05, 3.63) is 95.1 Å². The van der Waals surface area contributed by atoms with Gasteiger partial charge in [-0.1, -0.05) is 32.0 Å². The third-order valence-corrected chi connectivity index (χ3v) is 6.63. The summed E-state index contributed by atoms with van der Waals surface area (Å²) in [5.74, 6) is -0.654. The first-order valence-electron chi connectivity index (χ1n) is 12.2. The number of hydrogen-bond acceptors (Lipinski definition) is 2. The normalized spacial score (nSPS) is 18.6. The van der Waals surface area contributed by atoms with Crippen molar-refractivity contribution in [3.8, 4) is 0 Å². The lowest BCUT2D eigenvalue weighted by molar-refractivity contribution is -0.137. The number of aromatic amines is 1. The molecule has 2 atom stereocenters. The molecule has 1 N–H and O–H groups in total. The van der Waals surface area contributed by atoms with E-state index in [4.69, 9.17) is 0 Å². The van der Waals surface area contributed by atoms with Crippen LogP contribution >= 0.6 is 0 Å². The summed E-state index contributed by atoms with van der Waals surface area (Å²) in [5, 5.41) is 0. The molecule has 2 heterocycles. The van der Waals surface area contributed by atoms with Crippen molar-refractivity contribution >= 4 is 5.91 Å². The number of carbonyl (C=O) groups excluding carboxylic acids is 1. The second kappa shape index (κ2) is 10.9. The van der Waals surface area contributed by atoms with Gasteiger partial charge in [0.05, 0.1) is 5.56 Å². The Labute approximate surface area is 208 Å². The van der Waals surface area contributed by atoms with Crippen LogP contribution in [0.1, 0.15) is 46.9 Å². The van der Waals surface area contributed by atoms with E-state index in [0.717, 1.165) is 11.8 Å². The Morgan fingerprint density at radius 3 is 2.47 bits per heavy atom. The van der Waals surface area contributed by atoms with Crippen LogP contribution in [-0.2, 0) is 12.7 Å². The average molecular weight is 502 g/mol. The van der Waals surface area contributed by atoms with Gasteiger partial charge in [0.1, 0.15) is 5.82 Å². The molecular formula is C28H31F4N3O. The highest BCUT2D eigenvalue weighted by Crippen LogP contribution is 2.37. The average Bonchev–Trinajstić information content (AvgIpc) is 3.48. The summed E-state index contributed by atoms with van der Waals surface area (Å²) >= 11 is 0. The van der Waals surface area contributed by atoms with E-state index in [2.05, 4.69) is 9.88 Å². The van der Waals surface area contributed by atoms with Crippen molar-refractivity contribution in [2.45, 2.75) is 32.5 Å². The third-order valence-electron chi connectivity index (χ3n) is 6.63. The van der Waals surface area contributed by atoms with Gasteiger partial charge in [0.25, 0.3) is 5.91 Å². The zero-order valence-corrected chi connectivity index (χ0v) is 20.4. The Bertz CT molecular complexity index is 1140. The molecule has 8 heteroatoms. The molecule has 1 aliphatic heterocycles. The lowest BCUT2D eigenvalue weighted by Gasteiger charge is -2.30. The number of nitrogens with zero attached hydrogens (tertiary/aromatic N) is 2. The second-order valence-corrected chi connectivity index (χ2v) is 9.99. The fourth-order valence-electron chi connectivity index (χ4n) is 5.04. The molecule has 0 radical (unpaired) electrons. The molecule has 4 nitrogen and oxygen atoms in total. The van der Waals surface area contributed by atoms with Crippen molar-refractivity contribution in [2.75, 3.05) is 26.2 Å². The van der Waals surface area contributed by atoms with E-state index in [1.165, 1.54) is 36.4 Å². The fraction of sp³-hybridized carbons (Fsp3) is 0.393. The molecule has 1 fully saturated rings. The van der Waals surface area contributed by atoms with Crippen LogP contribution in [0.25, 0.3) is 0 Å². The van der Waals surface area contributed by atoms with Crippen molar-refractivity contribution < 1.29 is 22.4 Å². The van der Waals surface area contributed by atoms with Crippen LogP contribution in [-0.4, -0.2) is 46.9 Å². The standard InChI is InChI=1S/C28H31F4N3O/c1-19(2)14-35(27(36)20-8-10-24(29)11-9-20)16-22-15-34(17-25-7-4-12-33-25)18-26(22)21-5-3-6-23(13-21)28(30,31)32/h3-13,19,22,26,33H,14-18H2,1-2H3/t22-,26-/m0/s1. The summed E-state index contributed by atoms with van der Waals surface area (Å²) in [6.07, 6.45) is -2.57. The largest absolute Gasteiger partial charge is 0.416 e. The Balaban J connectivity index is 1.62. The Morgan fingerprint density at radius 1 is 1.08 bits per heavy atom. The molecule has 1 aliphatic rings. The minimum absolute atomic E-state index is 0.0633. The van der Waals surface area contributed by atoms with Gasteiger partial charge in [-0.15, -0.1) is 0 Å². The van der Waals surface area contributed by atoms with Crippen molar-refractivity contribution in [1.29, 1.82) is 0 Å². The van der Waals surface area contributed by atoms with E-state index in [-0.39, 0.29) is 23.7 Å². The van der Waals surface area contributed by atoms with Crippen LogP contribution in [0.4, 0.5) is 17.6 Å². The van der Waals surface area contributed by atoms with E-state index in [9.17, 15) is 22.4 Å². The number of likely N-dealkylation sites (tertiary alicyclic amines) is 1. The van der Waals surface area contributed by atoms with Crippen LogP contribution in [0, 0.1) is 17.7 Å². The highest BCUT2D eigenvalue weighted by molar-refractivity contribution is 5.94. The first-order valence-corrected chi connectivity index (χ1v) is 12.2. The molecule has 2 aromatic carbocycles. The summed E-state index contributed by atoms with van der Waals surface area (Å²) in [7, 11) is 0. The van der Waals surface area contributed by atoms with Crippen LogP contribution in [0.2, 0.25) is 0 Å². The number of amides is 1. The summed E-state index contributed by atoms with van der Waals surface area (Å²) in [6.45, 7) is 6.81. The van der Waals surface area contributed by atoms with Gasteiger partial charge in [0.15, 0.2) is 0 Å². The van der Waals surface area contributed by atoms with Gasteiger partial charge in [0.2, 0.25) is 0 Å². The summed E-state index contributed by atoms with van der Waals surface area (Å²) in [4.78, 5) is 20.6. The number of nitrogens with one attached hydrogen (secondary N) is 1. The number of benzene rings is 2. The number of carbonyl (C=O) groups is 1. The van der Waals surface area contributed by atoms with Crippen LogP contribution in [0.15, 0.2) is 66.9 Å². The number of rotatable bonds is 8. The van der Waals surface area contributed by atoms with Crippen LogP contribution in [0.5, 0.6) is 0 Å². The van der Waals surface area contributed by atoms with Gasteiger partial charge in [-0.05, 0) is 59.9 Å². The van der Waals surface area contributed by atoms with E-state index in [1.807, 2.05) is 32.2 Å². The molecule has 0 unspecified atom stereocenters. The van der Waals surface area contributed by atoms with Crippen molar-refractivity contribution in [1.82, 2.24) is 14.8 Å². The lowest BCUT2D eigenvalue weighted by Crippen LogP contribution is -2.39. The van der Waals surface area contributed by atoms with E-state index in [0.29, 0.717) is 43.9 Å². The zero-order chi connectivity index (χ0) is 25.9. The fourth-order valence-corrected chi connectivity index (χ4v) is 5.04. The molecule has 1 amide bonds. The zero-order valence-electron chi connectivity index (χ0n) is 20.4. The smallest absolute Gasteiger partial charge is 0.364 e. The highest BCUT2D eigenvalue weighted by atomic mass is 19.4. The van der Waals surface area contributed by atoms with Gasteiger partial charge in [0, 0.05) is 56.1 Å². The molecule has 1 aromatic heterocycles. The molecule has 3 aromatic rings. The van der Waals surface area contributed by atoms with E-state index >= 15 is 0 Å². The number of aromatic nitrogens is 1. The Kier molecular flexibility index (Phi) is 7.83. The van der Waals surface area contributed by atoms with Crippen molar-refractivity contribution in [3.63, 3.8) is 0 Å². The maximum Gasteiger partial charge on any atom is 0.416 e. The summed E-state index contributed by atoms with van der Waals surface area (Å²) in [6, 6.07) is 14.9. The molecule has 36 heavy (non-hydrogen) atoms. The topological polar surface area (TPSA) is 39.3 Å². The maximum atomic E-state index is 13.5. The summed E-state index contributed by atoms with van der Waals surface area (Å²) in [5.41, 5.74) is 1.39. The van der Waals surface area contributed by atoms with Gasteiger partial charge < -0.3 is 9.88 Å². The molecule has 192 valence electrons. The second-order valence-electron chi connectivity index (χ2n) is 9.99. The van der Waals surface area contributed by atoms with Crippen LogP contribution in [0.3, 0.4) is 0 Å². The van der Waals surface area contributed by atoms with Gasteiger partial charge in [-0.25, -0.2) is 4.39 Å². The first kappa shape index (κ1) is 25.9. The molecule has 0 aliphatic carbocycles. The Morgan fingerprint density at radius 2 is 1.83 bits per heavy atom. The quantitative estimate of drug-likeness (QED) is 0.374. The van der Waals surface area contributed by atoms with Gasteiger partial charge in [-0.2, -0.15) is 13.2 Å². The number of hydrogen-bond donors (Lipinski definition) is 1. The SMILES string of the molecule is CC(C)CN(C[C@@H]1CN(Cc2ccc[nH]2)C[C@H]1c1cccc(C(F)(F)F)c1)C(=O)c1ccc(F)cc1. The minimum Gasteiger partial charge on any atom is -0.364 e. The van der Waals surface area contributed by atoms with Gasteiger partial charge >= 0.3 is 6.18 Å². The predicted octanol–water partition coefficient (Wildman–Crippen LogP) is 6.19. The molecule has 0 spiro atoms. The maximum absolute atomic E-state index is 13.5. The van der Waals surface area contributed by atoms with Crippen molar-refractivity contribution in [2.24, 2.45) is 11.8 Å². The molecule has 0 bridgehead atoms.